The van der Waals surface area contributed by atoms with Gasteiger partial charge in [-0.15, -0.1) is 0 Å². The second-order valence-electron chi connectivity index (χ2n) is 11.7. The second kappa shape index (κ2) is 13.2. The summed E-state index contributed by atoms with van der Waals surface area (Å²) in [4.78, 5) is 31.9. The van der Waals surface area contributed by atoms with Crippen LogP contribution in [0.15, 0.2) is 42.5 Å². The zero-order chi connectivity index (χ0) is 32.3. The number of hydrogen-bond acceptors (Lipinski definition) is 5. The highest BCUT2D eigenvalue weighted by molar-refractivity contribution is 5.91. The van der Waals surface area contributed by atoms with Crippen LogP contribution in [0.5, 0.6) is 0 Å². The summed E-state index contributed by atoms with van der Waals surface area (Å²) < 4.78 is 92.0. The fourth-order valence-corrected chi connectivity index (χ4v) is 5.11. The molecular weight excluding hydrogens is 594 g/mol. The number of alkyl halides is 6. The molecule has 0 spiro atoms. The number of hydroxylamine groups is 1. The Morgan fingerprint density at radius 2 is 1.66 bits per heavy atom. The third kappa shape index (κ3) is 8.98. The van der Waals surface area contributed by atoms with Crippen molar-refractivity contribution in [1.82, 2.24) is 10.4 Å². The molecule has 240 valence electrons. The average molecular weight is 629 g/mol. The molecule has 2 atom stereocenters. The van der Waals surface area contributed by atoms with Crippen molar-refractivity contribution in [2.45, 2.75) is 89.7 Å². The Morgan fingerprint density at radius 3 is 2.25 bits per heavy atom. The summed E-state index contributed by atoms with van der Waals surface area (Å²) in [7, 11) is 0. The standard InChI is InChI=1S/C31H34F6N2O5/c1-29(2,3)43-28(41)39(18-20-15-22(30(32,33)34)17-23(16-20)31(35,36)37)25-11-9-21-14-19(7-10-24(21)25)8-12-26(40)38-44-27-6-4-5-13-42-27/h7-8,10,12,14-17,25,27H,4-6,9,11,13,18H2,1-3H3,(H,38,40)/b12-8+. The summed E-state index contributed by atoms with van der Waals surface area (Å²) in [5.41, 5.74) is 0.267. The fourth-order valence-electron chi connectivity index (χ4n) is 5.11. The third-order valence-electron chi connectivity index (χ3n) is 7.07. The largest absolute Gasteiger partial charge is 0.444 e. The van der Waals surface area contributed by atoms with E-state index in [4.69, 9.17) is 14.3 Å². The first-order valence-corrected chi connectivity index (χ1v) is 14.2. The van der Waals surface area contributed by atoms with Crippen LogP contribution in [0.4, 0.5) is 31.1 Å². The first kappa shape index (κ1) is 33.3. The molecule has 1 saturated heterocycles. The van der Waals surface area contributed by atoms with Gasteiger partial charge in [0, 0.05) is 25.6 Å². The average Bonchev–Trinajstić information content (AvgIpc) is 3.35. The Hall–Kier alpha value is -3.58. The van der Waals surface area contributed by atoms with E-state index >= 15 is 0 Å². The highest BCUT2D eigenvalue weighted by Crippen LogP contribution is 2.40. The molecule has 13 heteroatoms. The van der Waals surface area contributed by atoms with E-state index in [-0.39, 0.29) is 11.6 Å². The summed E-state index contributed by atoms with van der Waals surface area (Å²) >= 11 is 0. The number of aryl methyl sites for hydroxylation is 1. The van der Waals surface area contributed by atoms with E-state index in [0.717, 1.165) is 18.4 Å². The van der Waals surface area contributed by atoms with Crippen LogP contribution in [0.25, 0.3) is 6.08 Å². The minimum Gasteiger partial charge on any atom is -0.444 e. The number of ether oxygens (including phenoxy) is 2. The van der Waals surface area contributed by atoms with Crippen LogP contribution in [0.2, 0.25) is 0 Å². The predicted octanol–water partition coefficient (Wildman–Crippen LogP) is 7.74. The van der Waals surface area contributed by atoms with Crippen molar-refractivity contribution < 1.29 is 50.2 Å². The highest BCUT2D eigenvalue weighted by Gasteiger charge is 2.39. The van der Waals surface area contributed by atoms with Crippen LogP contribution in [0.1, 0.15) is 85.9 Å². The van der Waals surface area contributed by atoms with E-state index in [1.807, 2.05) is 6.07 Å². The molecule has 2 aliphatic rings. The Balaban J connectivity index is 1.56. The van der Waals surface area contributed by atoms with Crippen molar-refractivity contribution >= 4 is 18.1 Å². The molecule has 1 aliphatic heterocycles. The van der Waals surface area contributed by atoms with E-state index < -0.39 is 60.0 Å². The lowest BCUT2D eigenvalue weighted by molar-refractivity contribution is -0.198. The molecule has 4 rings (SSSR count). The van der Waals surface area contributed by atoms with Gasteiger partial charge in [-0.05, 0) is 93.0 Å². The molecule has 0 bridgehead atoms. The van der Waals surface area contributed by atoms with Crippen molar-refractivity contribution in [3.8, 4) is 0 Å². The van der Waals surface area contributed by atoms with Crippen molar-refractivity contribution in [3.05, 3.63) is 75.9 Å². The molecule has 1 aliphatic carbocycles. The lowest BCUT2D eigenvalue weighted by Crippen LogP contribution is -2.38. The Morgan fingerprint density at radius 1 is 0.977 bits per heavy atom. The smallest absolute Gasteiger partial charge is 0.416 e. The maximum atomic E-state index is 13.5. The molecule has 0 saturated carbocycles. The van der Waals surface area contributed by atoms with Gasteiger partial charge in [0.05, 0.1) is 17.2 Å². The van der Waals surface area contributed by atoms with E-state index in [1.54, 1.807) is 39.0 Å². The van der Waals surface area contributed by atoms with Gasteiger partial charge in [0.25, 0.3) is 5.91 Å². The SMILES string of the molecule is CC(C)(C)OC(=O)N(Cc1cc(C(F)(F)F)cc(C(F)(F)F)c1)C1CCc2cc(/C=C/C(=O)NOC3CCCCO3)ccc21. The number of fused-ring (bicyclic) bond motifs is 1. The van der Waals surface area contributed by atoms with Crippen LogP contribution in [0.3, 0.4) is 0 Å². The maximum Gasteiger partial charge on any atom is 0.416 e. The Kier molecular flexibility index (Phi) is 9.99. The topological polar surface area (TPSA) is 77.1 Å². The molecule has 2 aromatic carbocycles. The summed E-state index contributed by atoms with van der Waals surface area (Å²) in [6, 6.07) is 5.85. The molecule has 0 radical (unpaired) electrons. The zero-order valence-electron chi connectivity index (χ0n) is 24.5. The van der Waals surface area contributed by atoms with Gasteiger partial charge in [-0.1, -0.05) is 18.2 Å². The number of nitrogens with zero attached hydrogens (tertiary/aromatic N) is 1. The summed E-state index contributed by atoms with van der Waals surface area (Å²) in [5.74, 6) is -0.493. The summed E-state index contributed by atoms with van der Waals surface area (Å²) in [5, 5.41) is 0. The maximum absolute atomic E-state index is 13.5. The molecule has 2 amide bonds. The number of carbonyl (C=O) groups is 2. The normalized spacial score (nSPS) is 19.1. The van der Waals surface area contributed by atoms with Crippen molar-refractivity contribution in [1.29, 1.82) is 0 Å². The highest BCUT2D eigenvalue weighted by atomic mass is 19.4. The number of nitrogens with one attached hydrogen (secondary N) is 1. The zero-order valence-corrected chi connectivity index (χ0v) is 24.5. The third-order valence-corrected chi connectivity index (χ3v) is 7.07. The van der Waals surface area contributed by atoms with Crippen LogP contribution < -0.4 is 5.48 Å². The van der Waals surface area contributed by atoms with Crippen LogP contribution in [-0.2, 0) is 44.4 Å². The van der Waals surface area contributed by atoms with E-state index in [0.29, 0.717) is 49.1 Å². The summed E-state index contributed by atoms with van der Waals surface area (Å²) in [6.45, 7) is 4.85. The van der Waals surface area contributed by atoms with Gasteiger partial charge in [0.15, 0.2) is 6.29 Å². The Labute approximate surface area is 251 Å². The van der Waals surface area contributed by atoms with Gasteiger partial charge in [-0.25, -0.2) is 15.1 Å². The summed E-state index contributed by atoms with van der Waals surface area (Å²) in [6.07, 6.45) is -5.17. The first-order chi connectivity index (χ1) is 20.5. The van der Waals surface area contributed by atoms with E-state index in [9.17, 15) is 35.9 Å². The van der Waals surface area contributed by atoms with Gasteiger partial charge < -0.3 is 9.47 Å². The fraction of sp³-hybridized carbons (Fsp3) is 0.484. The second-order valence-corrected chi connectivity index (χ2v) is 11.7. The molecule has 1 N–H and O–H groups in total. The quantitative estimate of drug-likeness (QED) is 0.193. The van der Waals surface area contributed by atoms with Crippen molar-refractivity contribution in [2.24, 2.45) is 0 Å². The van der Waals surface area contributed by atoms with Gasteiger partial charge in [-0.2, -0.15) is 26.3 Å². The lowest BCUT2D eigenvalue weighted by atomic mass is 10.0. The van der Waals surface area contributed by atoms with Crippen LogP contribution >= 0.6 is 0 Å². The van der Waals surface area contributed by atoms with E-state index in [1.165, 1.54) is 11.0 Å². The molecule has 2 aromatic rings. The Bertz CT molecular complexity index is 1340. The minimum atomic E-state index is -5.02. The first-order valence-electron chi connectivity index (χ1n) is 14.2. The lowest BCUT2D eigenvalue weighted by Gasteiger charge is -2.32. The van der Waals surface area contributed by atoms with Crippen LogP contribution in [0, 0.1) is 0 Å². The molecule has 44 heavy (non-hydrogen) atoms. The monoisotopic (exact) mass is 628 g/mol. The number of rotatable bonds is 7. The number of benzene rings is 2. The molecule has 0 aromatic heterocycles. The van der Waals surface area contributed by atoms with E-state index in [2.05, 4.69) is 5.48 Å². The van der Waals surface area contributed by atoms with Gasteiger partial charge >= 0.3 is 18.4 Å². The number of hydrogen-bond donors (Lipinski definition) is 1. The van der Waals surface area contributed by atoms with Gasteiger partial charge in [0.1, 0.15) is 5.60 Å². The molecular formula is C31H34F6N2O5. The predicted molar refractivity (Wildman–Crippen MR) is 148 cm³/mol. The van der Waals surface area contributed by atoms with Crippen LogP contribution in [-0.4, -0.2) is 35.4 Å². The number of amides is 2. The molecule has 1 fully saturated rings. The van der Waals surface area contributed by atoms with Gasteiger partial charge in [0.2, 0.25) is 0 Å². The minimum absolute atomic E-state index is 0.0530. The molecule has 2 unspecified atom stereocenters. The molecule has 7 nitrogen and oxygen atoms in total. The van der Waals surface area contributed by atoms with Crippen molar-refractivity contribution in [3.63, 3.8) is 0 Å². The van der Waals surface area contributed by atoms with Gasteiger partial charge in [-0.3, -0.25) is 9.69 Å². The van der Waals surface area contributed by atoms with Crippen molar-refractivity contribution in [2.75, 3.05) is 6.61 Å². The number of carbonyl (C=O) groups excluding carboxylic acids is 2. The molecule has 1 heterocycles. The number of halogens is 6.